The summed E-state index contributed by atoms with van der Waals surface area (Å²) in [5.74, 6) is -0.120. The van der Waals surface area contributed by atoms with Crippen molar-refractivity contribution in [1.82, 2.24) is 14.3 Å². The fourth-order valence-corrected chi connectivity index (χ4v) is 4.39. The van der Waals surface area contributed by atoms with Gasteiger partial charge in [-0.1, -0.05) is 12.1 Å². The number of hydrogen-bond acceptors (Lipinski definition) is 7. The molecule has 0 radical (unpaired) electrons. The minimum absolute atomic E-state index is 0.257. The van der Waals surface area contributed by atoms with Gasteiger partial charge in [-0.3, -0.25) is 0 Å². The summed E-state index contributed by atoms with van der Waals surface area (Å²) in [5, 5.41) is 3.07. The standard InChI is InChI=1S/C18H22N4O4S/c1-2-26-18(23)16-12-19-13-21-17(16)20-11-14-5-7-15(8-6-14)27(24,25)22-9-3-4-10-22/h5-8,12-13H,2-4,9-11H2,1H3,(H,19,20,21). The van der Waals surface area contributed by atoms with Crippen molar-refractivity contribution in [2.75, 3.05) is 25.0 Å². The third-order valence-corrected chi connectivity index (χ3v) is 6.21. The minimum Gasteiger partial charge on any atom is -0.462 e. The van der Waals surface area contributed by atoms with E-state index < -0.39 is 16.0 Å². The molecule has 1 saturated heterocycles. The Morgan fingerprint density at radius 3 is 2.59 bits per heavy atom. The van der Waals surface area contributed by atoms with Crippen molar-refractivity contribution in [2.45, 2.75) is 31.2 Å². The second kappa shape index (κ2) is 8.45. The molecule has 1 fully saturated rings. The Morgan fingerprint density at radius 1 is 1.22 bits per heavy atom. The van der Waals surface area contributed by atoms with Gasteiger partial charge in [0.05, 0.1) is 11.5 Å². The van der Waals surface area contributed by atoms with Gasteiger partial charge in [-0.2, -0.15) is 4.31 Å². The van der Waals surface area contributed by atoms with E-state index >= 15 is 0 Å². The summed E-state index contributed by atoms with van der Waals surface area (Å²) < 4.78 is 31.6. The summed E-state index contributed by atoms with van der Waals surface area (Å²) in [6, 6.07) is 6.72. The quantitative estimate of drug-likeness (QED) is 0.722. The Labute approximate surface area is 158 Å². The van der Waals surface area contributed by atoms with Crippen molar-refractivity contribution >= 4 is 21.8 Å². The van der Waals surface area contributed by atoms with Gasteiger partial charge in [0.1, 0.15) is 17.7 Å². The first kappa shape index (κ1) is 19.2. The van der Waals surface area contributed by atoms with Crippen LogP contribution in [0.25, 0.3) is 0 Å². The maximum atomic E-state index is 12.5. The lowest BCUT2D eigenvalue weighted by molar-refractivity contribution is 0.0526. The summed E-state index contributed by atoms with van der Waals surface area (Å²) in [6.45, 7) is 3.53. The Hall–Kier alpha value is -2.52. The second-order valence-electron chi connectivity index (χ2n) is 6.11. The molecule has 0 bridgehead atoms. The first-order chi connectivity index (χ1) is 13.0. The smallest absolute Gasteiger partial charge is 0.343 e. The van der Waals surface area contributed by atoms with Crippen LogP contribution >= 0.6 is 0 Å². The number of carbonyl (C=O) groups excluding carboxylic acids is 1. The molecule has 0 spiro atoms. The van der Waals surface area contributed by atoms with E-state index in [2.05, 4.69) is 15.3 Å². The molecule has 0 unspecified atom stereocenters. The molecule has 1 aliphatic heterocycles. The van der Waals surface area contributed by atoms with Crippen LogP contribution in [0.5, 0.6) is 0 Å². The normalized spacial score (nSPS) is 14.9. The average molecular weight is 390 g/mol. The van der Waals surface area contributed by atoms with Crippen LogP contribution in [-0.2, 0) is 21.3 Å². The molecular weight excluding hydrogens is 368 g/mol. The molecule has 0 saturated carbocycles. The van der Waals surface area contributed by atoms with Crippen LogP contribution < -0.4 is 5.32 Å². The molecule has 1 aromatic carbocycles. The highest BCUT2D eigenvalue weighted by molar-refractivity contribution is 7.89. The molecule has 1 N–H and O–H groups in total. The van der Waals surface area contributed by atoms with Crippen LogP contribution in [0.4, 0.5) is 5.82 Å². The molecule has 8 nitrogen and oxygen atoms in total. The number of benzene rings is 1. The van der Waals surface area contributed by atoms with E-state index in [0.717, 1.165) is 18.4 Å². The Balaban J connectivity index is 1.69. The fraction of sp³-hybridized carbons (Fsp3) is 0.389. The Kier molecular flexibility index (Phi) is 6.02. The molecule has 1 aromatic heterocycles. The number of anilines is 1. The largest absolute Gasteiger partial charge is 0.462 e. The predicted molar refractivity (Wildman–Crippen MR) is 99.8 cm³/mol. The molecule has 1 aliphatic rings. The SMILES string of the molecule is CCOC(=O)c1cncnc1NCc1ccc(S(=O)(=O)N2CCCC2)cc1. The van der Waals surface area contributed by atoms with Gasteiger partial charge in [0.2, 0.25) is 10.0 Å². The molecule has 27 heavy (non-hydrogen) atoms. The van der Waals surface area contributed by atoms with Gasteiger partial charge >= 0.3 is 5.97 Å². The molecule has 0 atom stereocenters. The zero-order valence-electron chi connectivity index (χ0n) is 15.1. The third kappa shape index (κ3) is 4.42. The second-order valence-corrected chi connectivity index (χ2v) is 8.05. The van der Waals surface area contributed by atoms with Crippen LogP contribution in [0.1, 0.15) is 35.7 Å². The monoisotopic (exact) mass is 390 g/mol. The van der Waals surface area contributed by atoms with E-state index in [1.807, 2.05) is 0 Å². The molecule has 9 heteroatoms. The van der Waals surface area contributed by atoms with Crippen molar-refractivity contribution in [1.29, 1.82) is 0 Å². The van der Waals surface area contributed by atoms with E-state index in [-0.39, 0.29) is 12.2 Å². The maximum absolute atomic E-state index is 12.5. The lowest BCUT2D eigenvalue weighted by Crippen LogP contribution is -2.27. The summed E-state index contributed by atoms with van der Waals surface area (Å²) >= 11 is 0. The zero-order chi connectivity index (χ0) is 19.3. The van der Waals surface area contributed by atoms with Gasteiger partial charge < -0.3 is 10.1 Å². The molecular formula is C18H22N4O4S. The van der Waals surface area contributed by atoms with Gasteiger partial charge in [0.15, 0.2) is 0 Å². The summed E-state index contributed by atoms with van der Waals surface area (Å²) in [6.07, 6.45) is 4.56. The summed E-state index contributed by atoms with van der Waals surface area (Å²) in [7, 11) is -3.42. The lowest BCUT2D eigenvalue weighted by Gasteiger charge is -2.15. The van der Waals surface area contributed by atoms with E-state index in [4.69, 9.17) is 4.74 Å². The molecule has 3 rings (SSSR count). The van der Waals surface area contributed by atoms with Crippen molar-refractivity contribution in [3.8, 4) is 0 Å². The lowest BCUT2D eigenvalue weighted by atomic mass is 10.2. The topological polar surface area (TPSA) is 101 Å². The Morgan fingerprint density at radius 2 is 1.93 bits per heavy atom. The molecule has 2 heterocycles. The summed E-state index contributed by atoms with van der Waals surface area (Å²) in [4.78, 5) is 20.2. The number of rotatable bonds is 7. The van der Waals surface area contributed by atoms with Crippen LogP contribution in [0.2, 0.25) is 0 Å². The van der Waals surface area contributed by atoms with Gasteiger partial charge in [0, 0.05) is 25.8 Å². The van der Waals surface area contributed by atoms with E-state index in [1.165, 1.54) is 16.8 Å². The first-order valence-corrected chi connectivity index (χ1v) is 10.3. The Bertz CT molecular complexity index is 894. The van der Waals surface area contributed by atoms with Gasteiger partial charge in [-0.05, 0) is 37.5 Å². The molecule has 0 aliphatic carbocycles. The highest BCUT2D eigenvalue weighted by atomic mass is 32.2. The van der Waals surface area contributed by atoms with Crippen molar-refractivity contribution in [3.05, 3.63) is 47.9 Å². The number of hydrogen-bond donors (Lipinski definition) is 1. The first-order valence-electron chi connectivity index (χ1n) is 8.82. The number of sulfonamides is 1. The van der Waals surface area contributed by atoms with Gasteiger partial charge in [-0.15, -0.1) is 0 Å². The zero-order valence-corrected chi connectivity index (χ0v) is 15.9. The van der Waals surface area contributed by atoms with Crippen LogP contribution in [0, 0.1) is 0 Å². The highest BCUT2D eigenvalue weighted by Crippen LogP contribution is 2.21. The number of nitrogens with zero attached hydrogens (tertiary/aromatic N) is 3. The van der Waals surface area contributed by atoms with Gasteiger partial charge in [0.25, 0.3) is 0 Å². The highest BCUT2D eigenvalue weighted by Gasteiger charge is 2.26. The van der Waals surface area contributed by atoms with Gasteiger partial charge in [-0.25, -0.2) is 23.2 Å². The number of ether oxygens (including phenoxy) is 1. The van der Waals surface area contributed by atoms with Crippen LogP contribution in [0.3, 0.4) is 0 Å². The minimum atomic E-state index is -3.42. The molecule has 144 valence electrons. The molecule has 2 aromatic rings. The van der Waals surface area contributed by atoms with E-state index in [9.17, 15) is 13.2 Å². The van der Waals surface area contributed by atoms with Crippen molar-refractivity contribution < 1.29 is 17.9 Å². The molecule has 0 amide bonds. The van der Waals surface area contributed by atoms with Crippen molar-refractivity contribution in [2.24, 2.45) is 0 Å². The van der Waals surface area contributed by atoms with E-state index in [1.54, 1.807) is 31.2 Å². The number of esters is 1. The van der Waals surface area contributed by atoms with Crippen LogP contribution in [0.15, 0.2) is 41.7 Å². The third-order valence-electron chi connectivity index (χ3n) is 4.29. The number of aromatic nitrogens is 2. The van der Waals surface area contributed by atoms with Crippen molar-refractivity contribution in [3.63, 3.8) is 0 Å². The predicted octanol–water partition coefficient (Wildman–Crippen LogP) is 2.05. The fourth-order valence-electron chi connectivity index (χ4n) is 2.87. The van der Waals surface area contributed by atoms with Crippen LogP contribution in [-0.4, -0.2) is 48.4 Å². The summed E-state index contributed by atoms with van der Waals surface area (Å²) in [5.41, 5.74) is 1.12. The number of carbonyl (C=O) groups is 1. The average Bonchev–Trinajstić information content (AvgIpc) is 3.23. The number of nitrogens with one attached hydrogen (secondary N) is 1. The van der Waals surface area contributed by atoms with E-state index in [0.29, 0.717) is 30.3 Å². The maximum Gasteiger partial charge on any atom is 0.343 e.